The first kappa shape index (κ1) is 24.7. The Balaban J connectivity index is 1.38. The van der Waals surface area contributed by atoms with Crippen molar-refractivity contribution in [2.24, 2.45) is 0 Å². The second-order valence-corrected chi connectivity index (χ2v) is 9.50. The molecule has 2 heterocycles. The molecule has 0 saturated carbocycles. The fraction of sp³-hybridized carbons (Fsp3) is 0.320. The lowest BCUT2D eigenvalue weighted by molar-refractivity contribution is -0.137. The van der Waals surface area contributed by atoms with E-state index in [0.717, 1.165) is 22.6 Å². The maximum Gasteiger partial charge on any atom is 0.416 e. The number of hydrogen-bond acceptors (Lipinski definition) is 4. The quantitative estimate of drug-likeness (QED) is 0.384. The molecule has 1 aromatic heterocycles. The first-order chi connectivity index (χ1) is 16.3. The van der Waals surface area contributed by atoms with E-state index in [2.05, 4.69) is 4.90 Å². The van der Waals surface area contributed by atoms with Crippen molar-refractivity contribution in [3.8, 4) is 0 Å². The van der Waals surface area contributed by atoms with Gasteiger partial charge in [0.2, 0.25) is 0 Å². The molecule has 0 unspecified atom stereocenters. The van der Waals surface area contributed by atoms with Crippen molar-refractivity contribution >= 4 is 28.8 Å². The molecule has 1 amide bonds. The summed E-state index contributed by atoms with van der Waals surface area (Å²) in [4.78, 5) is 17.4. The maximum absolute atomic E-state index is 12.8. The number of amides is 1. The summed E-state index contributed by atoms with van der Waals surface area (Å²) < 4.78 is 44.7. The second kappa shape index (κ2) is 10.9. The molecule has 4 rings (SSSR count). The fourth-order valence-corrected chi connectivity index (χ4v) is 4.66. The molecular formula is C25H24ClF3N2O2S. The minimum absolute atomic E-state index is 0.0578. The number of nitrogens with zero attached hydrogens (tertiary/aromatic N) is 2. The van der Waals surface area contributed by atoms with Gasteiger partial charge < -0.3 is 9.64 Å². The van der Waals surface area contributed by atoms with Crippen LogP contribution in [0.5, 0.6) is 0 Å². The summed E-state index contributed by atoms with van der Waals surface area (Å²) in [6.45, 7) is 3.47. The average molecular weight is 509 g/mol. The van der Waals surface area contributed by atoms with Gasteiger partial charge in [0.1, 0.15) is 0 Å². The molecule has 1 saturated heterocycles. The van der Waals surface area contributed by atoms with E-state index in [1.165, 1.54) is 23.5 Å². The second-order valence-electron chi connectivity index (χ2n) is 8.12. The molecule has 0 bridgehead atoms. The zero-order valence-corrected chi connectivity index (χ0v) is 19.9. The molecule has 0 radical (unpaired) electrons. The van der Waals surface area contributed by atoms with Gasteiger partial charge in [-0.05, 0) is 46.8 Å². The summed E-state index contributed by atoms with van der Waals surface area (Å²) in [7, 11) is 0. The first-order valence-electron chi connectivity index (χ1n) is 10.9. The summed E-state index contributed by atoms with van der Waals surface area (Å²) in [6.07, 6.45) is -4.66. The summed E-state index contributed by atoms with van der Waals surface area (Å²) >= 11 is 7.48. The highest BCUT2D eigenvalue weighted by Gasteiger charge is 2.30. The number of alkyl halides is 3. The van der Waals surface area contributed by atoms with E-state index < -0.39 is 11.7 Å². The molecule has 0 spiro atoms. The fourth-order valence-electron chi connectivity index (χ4n) is 3.84. The molecule has 1 aliphatic heterocycles. The lowest BCUT2D eigenvalue weighted by Gasteiger charge is -2.36. The lowest BCUT2D eigenvalue weighted by atomic mass is 10.1. The van der Waals surface area contributed by atoms with Crippen LogP contribution < -0.4 is 0 Å². The Morgan fingerprint density at radius 1 is 1.00 bits per heavy atom. The number of rotatable bonds is 7. The van der Waals surface area contributed by atoms with Gasteiger partial charge in [0, 0.05) is 37.7 Å². The highest BCUT2D eigenvalue weighted by atomic mass is 35.5. The molecule has 34 heavy (non-hydrogen) atoms. The van der Waals surface area contributed by atoms with Gasteiger partial charge in [-0.2, -0.15) is 13.2 Å². The van der Waals surface area contributed by atoms with Crippen LogP contribution in [0.3, 0.4) is 0 Å². The van der Waals surface area contributed by atoms with Crippen molar-refractivity contribution in [1.29, 1.82) is 0 Å². The van der Waals surface area contributed by atoms with E-state index in [0.29, 0.717) is 43.3 Å². The zero-order valence-electron chi connectivity index (χ0n) is 18.3. The Morgan fingerprint density at radius 3 is 2.26 bits per heavy atom. The smallest absolute Gasteiger partial charge is 0.368 e. The van der Waals surface area contributed by atoms with Crippen LogP contribution in [0.2, 0.25) is 5.02 Å². The van der Waals surface area contributed by atoms with E-state index in [9.17, 15) is 18.0 Å². The van der Waals surface area contributed by atoms with Crippen LogP contribution in [0.1, 0.15) is 32.5 Å². The normalized spacial score (nSPS) is 15.9. The molecular weight excluding hydrogens is 485 g/mol. The molecule has 180 valence electrons. The van der Waals surface area contributed by atoms with Crippen molar-refractivity contribution in [3.05, 3.63) is 92.6 Å². The van der Waals surface area contributed by atoms with Crippen LogP contribution in [0.4, 0.5) is 13.2 Å². The number of halogens is 4. The highest BCUT2D eigenvalue weighted by molar-refractivity contribution is 7.12. The third-order valence-electron chi connectivity index (χ3n) is 5.79. The molecule has 2 aromatic carbocycles. The van der Waals surface area contributed by atoms with Gasteiger partial charge in [-0.3, -0.25) is 9.69 Å². The monoisotopic (exact) mass is 508 g/mol. The zero-order chi connectivity index (χ0) is 24.1. The molecule has 1 atom stereocenters. The predicted molar refractivity (Wildman–Crippen MR) is 127 cm³/mol. The van der Waals surface area contributed by atoms with Crippen LogP contribution in [-0.2, 0) is 17.5 Å². The van der Waals surface area contributed by atoms with Crippen LogP contribution in [-0.4, -0.2) is 48.4 Å². The number of piperazine rings is 1. The van der Waals surface area contributed by atoms with E-state index in [4.69, 9.17) is 16.3 Å². The van der Waals surface area contributed by atoms with Crippen molar-refractivity contribution in [1.82, 2.24) is 9.80 Å². The maximum atomic E-state index is 12.8. The molecule has 0 aliphatic carbocycles. The summed E-state index contributed by atoms with van der Waals surface area (Å²) in [5.74, 6) is 0.0578. The minimum Gasteiger partial charge on any atom is -0.368 e. The Kier molecular flexibility index (Phi) is 7.93. The molecule has 1 aliphatic rings. The van der Waals surface area contributed by atoms with Crippen LogP contribution >= 0.6 is 22.9 Å². The van der Waals surface area contributed by atoms with Crippen molar-refractivity contribution in [3.63, 3.8) is 0 Å². The molecule has 3 aromatic rings. The van der Waals surface area contributed by atoms with Gasteiger partial charge in [0.25, 0.3) is 5.91 Å². The van der Waals surface area contributed by atoms with Gasteiger partial charge in [-0.1, -0.05) is 41.9 Å². The third-order valence-corrected chi connectivity index (χ3v) is 6.90. The van der Waals surface area contributed by atoms with E-state index in [1.54, 1.807) is 12.1 Å². The average Bonchev–Trinajstić information content (AvgIpc) is 3.37. The summed E-state index contributed by atoms with van der Waals surface area (Å²) in [5, 5.41) is 2.51. The third kappa shape index (κ3) is 6.39. The van der Waals surface area contributed by atoms with E-state index in [-0.39, 0.29) is 18.6 Å². The summed E-state index contributed by atoms with van der Waals surface area (Å²) in [6, 6.07) is 16.1. The van der Waals surface area contributed by atoms with Gasteiger partial charge in [0.05, 0.1) is 23.2 Å². The number of thiophene rings is 1. The van der Waals surface area contributed by atoms with Gasteiger partial charge >= 0.3 is 6.18 Å². The largest absolute Gasteiger partial charge is 0.416 e. The van der Waals surface area contributed by atoms with Crippen molar-refractivity contribution in [2.75, 3.05) is 32.7 Å². The number of ether oxygens (including phenoxy) is 1. The molecule has 0 N–H and O–H groups in total. The Bertz CT molecular complexity index is 1070. The molecule has 9 heteroatoms. The van der Waals surface area contributed by atoms with Gasteiger partial charge in [0.15, 0.2) is 0 Å². The predicted octanol–water partition coefficient (Wildman–Crippen LogP) is 6.14. The molecule has 1 fully saturated rings. The van der Waals surface area contributed by atoms with Crippen LogP contribution in [0.15, 0.2) is 66.0 Å². The Labute approximate surface area is 205 Å². The SMILES string of the molecule is O=C(c1cccs1)N1CCN(C[C@@H](OCc2ccc(C(F)(F)F)cc2)c2ccc(Cl)cc2)CC1. The number of carbonyl (C=O) groups excluding carboxylic acids is 1. The Morgan fingerprint density at radius 2 is 1.68 bits per heavy atom. The van der Waals surface area contributed by atoms with Crippen LogP contribution in [0.25, 0.3) is 0 Å². The number of benzene rings is 2. The molecule has 4 nitrogen and oxygen atoms in total. The van der Waals surface area contributed by atoms with Crippen molar-refractivity contribution in [2.45, 2.75) is 18.9 Å². The number of carbonyl (C=O) groups is 1. The Hall–Kier alpha value is -2.39. The summed E-state index contributed by atoms with van der Waals surface area (Å²) in [5.41, 5.74) is 0.923. The first-order valence-corrected chi connectivity index (χ1v) is 12.1. The highest BCUT2D eigenvalue weighted by Crippen LogP contribution is 2.30. The standard InChI is InChI=1S/C25H24ClF3N2O2S/c26-21-9-5-19(6-10-21)22(33-17-18-3-7-20(8-4-18)25(27,28)29)16-30-11-13-31(14-12-30)24(32)23-2-1-15-34-23/h1-10,15,22H,11-14,16-17H2/t22-/m1/s1. The van der Waals surface area contributed by atoms with Gasteiger partial charge in [-0.25, -0.2) is 0 Å². The van der Waals surface area contributed by atoms with E-state index >= 15 is 0 Å². The lowest BCUT2D eigenvalue weighted by Crippen LogP contribution is -2.49. The van der Waals surface area contributed by atoms with Crippen LogP contribution in [0, 0.1) is 0 Å². The van der Waals surface area contributed by atoms with Crippen molar-refractivity contribution < 1.29 is 22.7 Å². The number of hydrogen-bond donors (Lipinski definition) is 0. The van der Waals surface area contributed by atoms with Gasteiger partial charge in [-0.15, -0.1) is 11.3 Å². The topological polar surface area (TPSA) is 32.8 Å². The minimum atomic E-state index is -4.36. The van der Waals surface area contributed by atoms with E-state index in [1.807, 2.05) is 34.5 Å².